The Kier molecular flexibility index (Phi) is 14.7. The highest BCUT2D eigenvalue weighted by atomic mass is 16.5. The van der Waals surface area contributed by atoms with E-state index in [1.54, 1.807) is 0 Å². The predicted octanol–water partition coefficient (Wildman–Crippen LogP) is 11.5. The van der Waals surface area contributed by atoms with Crippen molar-refractivity contribution in [1.82, 2.24) is 0 Å². The highest BCUT2D eigenvalue weighted by molar-refractivity contribution is 5.30. The van der Waals surface area contributed by atoms with Crippen molar-refractivity contribution in [2.24, 2.45) is 17.3 Å². The minimum atomic E-state index is -0.0628. The zero-order valence-corrected chi connectivity index (χ0v) is 25.2. The molecule has 0 amide bonds. The number of benzene rings is 1. The number of hydrogen-bond acceptors (Lipinski definition) is 2. The molecule has 0 bridgehead atoms. The lowest BCUT2D eigenvalue weighted by atomic mass is 9.66. The molecule has 0 radical (unpaired) electrons. The van der Waals surface area contributed by atoms with Crippen LogP contribution in [0.3, 0.4) is 0 Å². The third-order valence-electron chi connectivity index (χ3n) is 10.0. The summed E-state index contributed by atoms with van der Waals surface area (Å²) in [6, 6.07) is 11.7. The molecule has 38 heavy (non-hydrogen) atoms. The Morgan fingerprint density at radius 1 is 0.711 bits per heavy atom. The van der Waals surface area contributed by atoms with Crippen molar-refractivity contribution in [2.75, 3.05) is 6.61 Å². The van der Waals surface area contributed by atoms with Crippen molar-refractivity contribution in [3.8, 4) is 11.8 Å². The smallest absolute Gasteiger partial charge is 0.119 e. The molecule has 0 atom stereocenters. The predicted molar refractivity (Wildman–Crippen MR) is 163 cm³/mol. The molecule has 0 spiro atoms. The summed E-state index contributed by atoms with van der Waals surface area (Å²) < 4.78 is 5.97. The molecule has 2 saturated carbocycles. The lowest BCUT2D eigenvalue weighted by Crippen LogP contribution is -2.27. The van der Waals surface area contributed by atoms with Gasteiger partial charge in [-0.15, -0.1) is 0 Å². The number of nitriles is 1. The lowest BCUT2D eigenvalue weighted by molar-refractivity contribution is 0.185. The monoisotopic (exact) mass is 521 g/mol. The van der Waals surface area contributed by atoms with Crippen LogP contribution in [0.5, 0.6) is 5.75 Å². The number of rotatable bonds is 18. The van der Waals surface area contributed by atoms with Crippen molar-refractivity contribution < 1.29 is 4.74 Å². The maximum atomic E-state index is 10.2. The van der Waals surface area contributed by atoms with Crippen LogP contribution in [-0.4, -0.2) is 6.61 Å². The van der Waals surface area contributed by atoms with Gasteiger partial charge in [0.15, 0.2) is 0 Å². The van der Waals surface area contributed by atoms with E-state index in [1.807, 2.05) is 0 Å². The summed E-state index contributed by atoms with van der Waals surface area (Å²) in [5, 5.41) is 10.2. The van der Waals surface area contributed by atoms with E-state index in [0.717, 1.165) is 62.7 Å². The summed E-state index contributed by atoms with van der Waals surface area (Å²) in [7, 11) is 0. The molecule has 0 unspecified atom stereocenters. The summed E-state index contributed by atoms with van der Waals surface area (Å²) in [5.41, 5.74) is 1.38. The Morgan fingerprint density at radius 3 is 1.87 bits per heavy atom. The molecule has 0 aliphatic heterocycles. The van der Waals surface area contributed by atoms with Crippen LogP contribution in [0.1, 0.15) is 167 Å². The zero-order chi connectivity index (χ0) is 26.9. The van der Waals surface area contributed by atoms with Gasteiger partial charge in [0.05, 0.1) is 18.1 Å². The van der Waals surface area contributed by atoms with Crippen LogP contribution in [0.15, 0.2) is 24.3 Å². The van der Waals surface area contributed by atoms with Gasteiger partial charge in [-0.2, -0.15) is 5.26 Å². The van der Waals surface area contributed by atoms with Crippen LogP contribution in [0, 0.1) is 28.6 Å². The van der Waals surface area contributed by atoms with E-state index in [1.165, 1.54) is 108 Å². The first-order chi connectivity index (χ1) is 18.7. The maximum absolute atomic E-state index is 10.2. The summed E-state index contributed by atoms with van der Waals surface area (Å²) in [4.78, 5) is 0. The van der Waals surface area contributed by atoms with Gasteiger partial charge in [0.1, 0.15) is 5.75 Å². The standard InChI is InChI=1S/C36H59NO/c1-3-5-7-9-10-12-14-31-15-17-32(18-16-31)23-26-36(30-37)27-24-34(25-28-36)33-19-21-35(22-20-33)38-29-13-11-8-6-4-2/h19-22,31-32,34H,3-18,23-29H2,1-2H3. The molecule has 0 heterocycles. The van der Waals surface area contributed by atoms with Gasteiger partial charge in [0.25, 0.3) is 0 Å². The topological polar surface area (TPSA) is 33.0 Å². The number of ether oxygens (including phenoxy) is 1. The van der Waals surface area contributed by atoms with Gasteiger partial charge in [0.2, 0.25) is 0 Å². The summed E-state index contributed by atoms with van der Waals surface area (Å²) in [6.45, 7) is 5.39. The maximum Gasteiger partial charge on any atom is 0.119 e. The van der Waals surface area contributed by atoms with Gasteiger partial charge in [-0.3, -0.25) is 0 Å². The van der Waals surface area contributed by atoms with Crippen LogP contribution in [0.4, 0.5) is 0 Å². The van der Waals surface area contributed by atoms with Gasteiger partial charge in [-0.1, -0.05) is 122 Å². The van der Waals surface area contributed by atoms with Crippen LogP contribution in [0.2, 0.25) is 0 Å². The van der Waals surface area contributed by atoms with Crippen molar-refractivity contribution in [2.45, 2.75) is 161 Å². The second kappa shape index (κ2) is 18.0. The number of unbranched alkanes of at least 4 members (excludes halogenated alkanes) is 9. The average molecular weight is 522 g/mol. The molecular formula is C36H59NO. The SMILES string of the molecule is CCCCCCCCC1CCC(CCC2(C#N)CCC(c3ccc(OCCCCCCC)cc3)CC2)CC1. The second-order valence-corrected chi connectivity index (χ2v) is 13.0. The van der Waals surface area contributed by atoms with Gasteiger partial charge >= 0.3 is 0 Å². The van der Waals surface area contributed by atoms with Gasteiger partial charge in [-0.05, 0) is 80.4 Å². The third kappa shape index (κ3) is 10.9. The van der Waals surface area contributed by atoms with E-state index in [-0.39, 0.29) is 5.41 Å². The molecule has 3 rings (SSSR count). The minimum Gasteiger partial charge on any atom is -0.494 e. The van der Waals surface area contributed by atoms with Crippen LogP contribution in [-0.2, 0) is 0 Å². The second-order valence-electron chi connectivity index (χ2n) is 13.0. The van der Waals surface area contributed by atoms with E-state index < -0.39 is 0 Å². The van der Waals surface area contributed by atoms with Crippen LogP contribution in [0.25, 0.3) is 0 Å². The fourth-order valence-corrected chi connectivity index (χ4v) is 7.16. The Morgan fingerprint density at radius 2 is 1.26 bits per heavy atom. The Labute approximate surface area is 236 Å². The van der Waals surface area contributed by atoms with Gasteiger partial charge < -0.3 is 4.74 Å². The van der Waals surface area contributed by atoms with Gasteiger partial charge in [0, 0.05) is 0 Å². The molecule has 2 nitrogen and oxygen atoms in total. The molecule has 2 fully saturated rings. The fraction of sp³-hybridized carbons (Fsp3) is 0.806. The molecule has 2 heteroatoms. The first kappa shape index (κ1) is 31.0. The zero-order valence-electron chi connectivity index (χ0n) is 25.2. The molecule has 2 aliphatic rings. The Hall–Kier alpha value is -1.49. The number of nitrogens with zero attached hydrogens (tertiary/aromatic N) is 1. The quantitative estimate of drug-likeness (QED) is 0.180. The van der Waals surface area contributed by atoms with E-state index in [2.05, 4.69) is 44.2 Å². The van der Waals surface area contributed by atoms with Crippen LogP contribution >= 0.6 is 0 Å². The van der Waals surface area contributed by atoms with Crippen molar-refractivity contribution in [3.05, 3.63) is 29.8 Å². The van der Waals surface area contributed by atoms with Crippen molar-refractivity contribution in [1.29, 1.82) is 5.26 Å². The van der Waals surface area contributed by atoms with Crippen LogP contribution < -0.4 is 4.74 Å². The number of hydrogen-bond donors (Lipinski definition) is 0. The summed E-state index contributed by atoms with van der Waals surface area (Å²) in [6.07, 6.45) is 29.0. The third-order valence-corrected chi connectivity index (χ3v) is 10.0. The molecule has 1 aromatic carbocycles. The summed E-state index contributed by atoms with van der Waals surface area (Å²) in [5.74, 6) is 3.48. The van der Waals surface area contributed by atoms with E-state index in [0.29, 0.717) is 5.92 Å². The van der Waals surface area contributed by atoms with E-state index >= 15 is 0 Å². The molecule has 0 N–H and O–H groups in total. The molecule has 1 aromatic rings. The first-order valence-electron chi connectivity index (χ1n) is 16.8. The van der Waals surface area contributed by atoms with E-state index in [9.17, 15) is 5.26 Å². The Bertz CT molecular complexity index is 762. The molecule has 0 saturated heterocycles. The fourth-order valence-electron chi connectivity index (χ4n) is 7.16. The Balaban J connectivity index is 1.31. The van der Waals surface area contributed by atoms with Gasteiger partial charge in [-0.25, -0.2) is 0 Å². The molecular weight excluding hydrogens is 462 g/mol. The summed E-state index contributed by atoms with van der Waals surface area (Å²) >= 11 is 0. The lowest BCUT2D eigenvalue weighted by Gasteiger charge is -2.37. The van der Waals surface area contributed by atoms with Crippen molar-refractivity contribution >= 4 is 0 Å². The average Bonchev–Trinajstić information content (AvgIpc) is 2.97. The largest absolute Gasteiger partial charge is 0.494 e. The minimum absolute atomic E-state index is 0.0628. The van der Waals surface area contributed by atoms with E-state index in [4.69, 9.17) is 4.74 Å². The molecule has 214 valence electrons. The molecule has 0 aromatic heterocycles. The first-order valence-corrected chi connectivity index (χ1v) is 16.8. The van der Waals surface area contributed by atoms with Crippen molar-refractivity contribution in [3.63, 3.8) is 0 Å². The normalized spacial score (nSPS) is 25.7. The highest BCUT2D eigenvalue weighted by Gasteiger charge is 2.36. The molecule has 2 aliphatic carbocycles. The highest BCUT2D eigenvalue weighted by Crippen LogP contribution is 2.47.